The zero-order valence-corrected chi connectivity index (χ0v) is 15.5. The molecule has 0 fully saturated rings. The normalized spacial score (nSPS) is 12.6. The van der Waals surface area contributed by atoms with E-state index < -0.39 is 9.84 Å². The molecular formula is C18H21N3O3S. The monoisotopic (exact) mass is 359 g/mol. The quantitative estimate of drug-likeness (QED) is 0.715. The molecule has 2 heterocycles. The zero-order chi connectivity index (χ0) is 18.2. The highest BCUT2D eigenvalue weighted by molar-refractivity contribution is 7.90. The summed E-state index contributed by atoms with van der Waals surface area (Å²) >= 11 is 0. The third-order valence-corrected chi connectivity index (χ3v) is 4.45. The van der Waals surface area contributed by atoms with Crippen molar-refractivity contribution in [1.29, 1.82) is 0 Å². The van der Waals surface area contributed by atoms with E-state index in [1.54, 1.807) is 4.52 Å². The minimum absolute atomic E-state index is 0.190. The van der Waals surface area contributed by atoms with E-state index in [0.717, 1.165) is 28.6 Å². The van der Waals surface area contributed by atoms with Crippen LogP contribution in [0.4, 0.5) is 0 Å². The van der Waals surface area contributed by atoms with Crippen LogP contribution in [-0.2, 0) is 21.2 Å². The first-order chi connectivity index (χ1) is 11.6. The van der Waals surface area contributed by atoms with E-state index in [-0.39, 0.29) is 10.8 Å². The van der Waals surface area contributed by atoms with Crippen LogP contribution < -0.4 is 0 Å². The first kappa shape index (κ1) is 17.6. The maximum absolute atomic E-state index is 11.7. The number of benzene rings is 1. The predicted octanol–water partition coefficient (Wildman–Crippen LogP) is 3.11. The van der Waals surface area contributed by atoms with Gasteiger partial charge in [0.1, 0.15) is 0 Å². The molecule has 3 rings (SSSR count). The van der Waals surface area contributed by atoms with Crippen molar-refractivity contribution in [2.24, 2.45) is 0 Å². The Morgan fingerprint density at radius 1 is 1.16 bits per heavy atom. The van der Waals surface area contributed by atoms with Crippen molar-refractivity contribution in [3.63, 3.8) is 0 Å². The Balaban J connectivity index is 2.02. The number of rotatable bonds is 4. The summed E-state index contributed by atoms with van der Waals surface area (Å²) in [6.07, 6.45) is 2.61. The highest BCUT2D eigenvalue weighted by Crippen LogP contribution is 2.24. The van der Waals surface area contributed by atoms with Crippen molar-refractivity contribution in [3.05, 3.63) is 48.2 Å². The molecule has 0 aliphatic heterocycles. The minimum Gasteiger partial charge on any atom is -0.371 e. The van der Waals surface area contributed by atoms with E-state index in [9.17, 15) is 8.42 Å². The van der Waals surface area contributed by atoms with Crippen LogP contribution in [0.3, 0.4) is 0 Å². The molecule has 0 spiro atoms. The number of fused-ring (bicyclic) bond motifs is 1. The first-order valence-corrected chi connectivity index (χ1v) is 9.81. The molecule has 0 N–H and O–H groups in total. The van der Waals surface area contributed by atoms with E-state index in [4.69, 9.17) is 4.74 Å². The van der Waals surface area contributed by atoms with Crippen molar-refractivity contribution < 1.29 is 13.2 Å². The molecule has 132 valence electrons. The Morgan fingerprint density at radius 3 is 2.60 bits per heavy atom. The lowest BCUT2D eigenvalue weighted by Gasteiger charge is -2.19. The van der Waals surface area contributed by atoms with E-state index in [2.05, 4.69) is 10.1 Å². The molecule has 6 nitrogen and oxygen atoms in total. The summed E-state index contributed by atoms with van der Waals surface area (Å²) < 4.78 is 30.9. The van der Waals surface area contributed by atoms with Gasteiger partial charge in [0.15, 0.2) is 0 Å². The Kier molecular flexibility index (Phi) is 4.38. The molecule has 1 aromatic carbocycles. The number of aromatic nitrogens is 3. The Morgan fingerprint density at radius 2 is 1.92 bits per heavy atom. The number of hydrogen-bond acceptors (Lipinski definition) is 5. The van der Waals surface area contributed by atoms with Gasteiger partial charge in [-0.15, -0.1) is 5.10 Å². The molecule has 0 unspecified atom stereocenters. The van der Waals surface area contributed by atoms with Crippen molar-refractivity contribution in [3.8, 4) is 11.3 Å². The van der Waals surface area contributed by atoms with Crippen molar-refractivity contribution in [1.82, 2.24) is 14.6 Å². The fraction of sp³-hybridized carbons (Fsp3) is 0.333. The van der Waals surface area contributed by atoms with Gasteiger partial charge >= 0.3 is 0 Å². The van der Waals surface area contributed by atoms with Gasteiger partial charge in [-0.3, -0.25) is 0 Å². The Hall–Kier alpha value is -2.25. The average Bonchev–Trinajstić information content (AvgIpc) is 2.95. The van der Waals surface area contributed by atoms with Crippen LogP contribution in [0.25, 0.3) is 16.8 Å². The number of nitrogens with zero attached hydrogens (tertiary/aromatic N) is 3. The summed E-state index contributed by atoms with van der Waals surface area (Å²) in [4.78, 5) is 3.92. The standard InChI is InChI=1S/C18H21N3O3S/c1-18(2,3)24-12-13-6-5-7-14(10-13)16-9-8-15-11-19-17(20-21(15)16)25(4,22)23/h5-11H,12H2,1-4H3. The lowest BCUT2D eigenvalue weighted by atomic mass is 10.1. The molecule has 0 atom stereocenters. The average molecular weight is 359 g/mol. The smallest absolute Gasteiger partial charge is 0.265 e. The molecule has 0 saturated carbocycles. The second-order valence-electron chi connectivity index (χ2n) is 6.97. The number of sulfone groups is 1. The summed E-state index contributed by atoms with van der Waals surface area (Å²) in [6.45, 7) is 6.55. The summed E-state index contributed by atoms with van der Waals surface area (Å²) in [6, 6.07) is 11.7. The van der Waals surface area contributed by atoms with Crippen molar-refractivity contribution in [2.75, 3.05) is 6.26 Å². The van der Waals surface area contributed by atoms with Gasteiger partial charge < -0.3 is 4.74 Å². The van der Waals surface area contributed by atoms with Crippen LogP contribution in [-0.4, -0.2) is 34.9 Å². The third kappa shape index (κ3) is 4.05. The van der Waals surface area contributed by atoms with Crippen LogP contribution in [0.5, 0.6) is 0 Å². The van der Waals surface area contributed by atoms with E-state index in [0.29, 0.717) is 6.61 Å². The molecule has 0 radical (unpaired) electrons. The highest BCUT2D eigenvalue weighted by Gasteiger charge is 2.15. The van der Waals surface area contributed by atoms with Crippen molar-refractivity contribution in [2.45, 2.75) is 38.1 Å². The van der Waals surface area contributed by atoms with Crippen LogP contribution >= 0.6 is 0 Å². The maximum Gasteiger partial charge on any atom is 0.265 e. The summed E-state index contributed by atoms with van der Waals surface area (Å²) in [5.74, 6) is 0. The molecule has 2 aromatic heterocycles. The summed E-state index contributed by atoms with van der Waals surface area (Å²) in [5, 5.41) is 3.99. The largest absolute Gasteiger partial charge is 0.371 e. The zero-order valence-electron chi connectivity index (χ0n) is 14.7. The van der Waals surface area contributed by atoms with E-state index >= 15 is 0 Å². The predicted molar refractivity (Wildman–Crippen MR) is 96.1 cm³/mol. The molecule has 0 amide bonds. The van der Waals surface area contributed by atoms with Crippen LogP contribution in [0.2, 0.25) is 0 Å². The van der Waals surface area contributed by atoms with E-state index in [1.165, 1.54) is 6.20 Å². The van der Waals surface area contributed by atoms with Gasteiger partial charge in [0, 0.05) is 11.8 Å². The fourth-order valence-corrected chi connectivity index (χ4v) is 2.87. The summed E-state index contributed by atoms with van der Waals surface area (Å²) in [5.41, 5.74) is 3.31. The minimum atomic E-state index is -3.47. The molecule has 0 aliphatic carbocycles. The number of hydrogen-bond donors (Lipinski definition) is 0. The number of ether oxygens (including phenoxy) is 1. The summed E-state index contributed by atoms with van der Waals surface area (Å²) in [7, 11) is -3.47. The van der Waals surface area contributed by atoms with Gasteiger partial charge in [-0.05, 0) is 44.5 Å². The third-order valence-electron chi connectivity index (χ3n) is 3.60. The molecule has 0 aliphatic rings. The second kappa shape index (κ2) is 6.24. The van der Waals surface area contributed by atoms with Gasteiger partial charge in [0.2, 0.25) is 9.84 Å². The molecule has 3 aromatic rings. The fourth-order valence-electron chi connectivity index (χ4n) is 2.40. The van der Waals surface area contributed by atoms with Gasteiger partial charge in [0.05, 0.1) is 29.6 Å². The molecule has 0 saturated heterocycles. The molecule has 25 heavy (non-hydrogen) atoms. The molecule has 7 heteroatoms. The second-order valence-corrected chi connectivity index (χ2v) is 8.88. The van der Waals surface area contributed by atoms with Crippen LogP contribution in [0.1, 0.15) is 26.3 Å². The van der Waals surface area contributed by atoms with Gasteiger partial charge in [-0.25, -0.2) is 17.9 Å². The van der Waals surface area contributed by atoms with Gasteiger partial charge in [0.25, 0.3) is 5.16 Å². The van der Waals surface area contributed by atoms with Crippen LogP contribution in [0.15, 0.2) is 47.8 Å². The van der Waals surface area contributed by atoms with E-state index in [1.807, 2.05) is 57.2 Å². The Bertz CT molecular complexity index is 1020. The lowest BCUT2D eigenvalue weighted by Crippen LogP contribution is -2.18. The highest BCUT2D eigenvalue weighted by atomic mass is 32.2. The first-order valence-electron chi connectivity index (χ1n) is 7.92. The van der Waals surface area contributed by atoms with Crippen LogP contribution in [0, 0.1) is 0 Å². The maximum atomic E-state index is 11.7. The Labute approximate surface area is 147 Å². The SMILES string of the molecule is CC(C)(C)OCc1cccc(-c2ccc3cnc(S(C)(=O)=O)nn23)c1. The topological polar surface area (TPSA) is 73.6 Å². The molecular weight excluding hydrogens is 338 g/mol. The van der Waals surface area contributed by atoms with Crippen molar-refractivity contribution >= 4 is 15.4 Å². The van der Waals surface area contributed by atoms with Gasteiger partial charge in [-0.1, -0.05) is 18.2 Å². The van der Waals surface area contributed by atoms with Gasteiger partial charge in [-0.2, -0.15) is 0 Å². The molecule has 0 bridgehead atoms. The lowest BCUT2D eigenvalue weighted by molar-refractivity contribution is -0.0149.